The minimum Gasteiger partial charge on any atom is -0.508 e. The number of thiocarbonyl (C=S) groups is 1. The van der Waals surface area contributed by atoms with Crippen LogP contribution in [0.2, 0.25) is 0 Å². The van der Waals surface area contributed by atoms with Crippen LogP contribution >= 0.6 is 150 Å². The first kappa shape index (κ1) is 90.6. The molecule has 22 rings (SSSR count). The van der Waals surface area contributed by atoms with Gasteiger partial charge in [-0.1, -0.05) is 65.2 Å². The van der Waals surface area contributed by atoms with Crippen molar-refractivity contribution in [2.24, 2.45) is 5.73 Å². The molecule has 0 fully saturated rings. The van der Waals surface area contributed by atoms with E-state index in [4.69, 9.17) is 93.2 Å². The van der Waals surface area contributed by atoms with Gasteiger partial charge in [-0.15, -0.1) is 0 Å². The van der Waals surface area contributed by atoms with E-state index in [0.29, 0.717) is 184 Å². The van der Waals surface area contributed by atoms with E-state index in [9.17, 15) is 29.4 Å². The zero-order valence-corrected chi connectivity index (χ0v) is 81.6. The van der Waals surface area contributed by atoms with Crippen LogP contribution in [0.1, 0.15) is 50.3 Å². The number of carboxylic acid groups (broad SMARTS) is 1. The molecule has 2 amide bonds. The van der Waals surface area contributed by atoms with Gasteiger partial charge in [-0.25, -0.2) is 64.6 Å². The summed E-state index contributed by atoms with van der Waals surface area (Å²) in [5.74, 6) is 5.65. The standard InChI is InChI=1S/C36H26IN7O7S2.C23H17IN6O4S.C15H15IN6O2S.C12H8IN5O2S/c37-24-13-27-28(50-16-49-27)14-29(24)53-36-43-31-32(38)40-15-41-33(31)44(36)9-1-8-39-35(52)42-17-2-5-20(23(10-17)34(47)48)30-21-6-3-18(45)11-25(21)51-26-12-19(46)4-7-22(26)30;24-14-8-15-16(34-11-33-15)9-17(14)35-23-28-18-19(25)26-10-27-20(18)29(23)6-3-7-30-21(31)12-4-1-2-5-13(12)22(30)32;16-8-4-9-10(24-7-23-9)5-11(8)25-15-21-12-13(18)19-6-20-14(12)22(15)3-1-2-17;13-5-1-6-7(20-4-19-6)2-8(5)21-12-17-9-10(14)15-3-16-11(9)18-12/h2-7,10-15,45H,1,8-9,16H2,(H,47,48)(H2,38,40,41)(H2,39,42,52);1-2,4-5,8-10H,3,6-7,11H2,(H2,25,26,27);4-6H,1-3,7,17H2,(H2,18,19,20);1-3H,4H2,(H3,14,15,16,17,18). The molecule has 1 aliphatic carbocycles. The number of nitrogen functional groups attached to an aromatic ring is 4. The van der Waals surface area contributed by atoms with Crippen molar-refractivity contribution >= 4 is 257 Å². The van der Waals surface area contributed by atoms with Crippen LogP contribution in [0.3, 0.4) is 0 Å². The number of imide groups is 1. The van der Waals surface area contributed by atoms with Gasteiger partial charge >= 0.3 is 5.97 Å². The van der Waals surface area contributed by atoms with Gasteiger partial charge in [-0.05, 0) is 231 Å². The Morgan fingerprint density at radius 3 is 1.41 bits per heavy atom. The number of aromatic amines is 1. The lowest BCUT2D eigenvalue weighted by molar-refractivity contribution is 0.0647. The molecular weight excluding hydrogens is 2280 g/mol. The van der Waals surface area contributed by atoms with E-state index in [1.54, 1.807) is 48.5 Å². The van der Waals surface area contributed by atoms with Crippen LogP contribution in [-0.2, 0) is 19.6 Å². The highest BCUT2D eigenvalue weighted by atomic mass is 127. The molecule has 39 nitrogen and oxygen atoms in total. The van der Waals surface area contributed by atoms with E-state index < -0.39 is 5.97 Å². The second-order valence-electron chi connectivity index (χ2n) is 29.3. The zero-order chi connectivity index (χ0) is 92.7. The van der Waals surface area contributed by atoms with Crippen molar-refractivity contribution in [3.63, 3.8) is 0 Å². The minimum absolute atomic E-state index is 0.00118. The summed E-state index contributed by atoms with van der Waals surface area (Å²) in [7, 11) is 0. The molecule has 7 aromatic carbocycles. The molecule has 0 atom stereocenters. The molecule has 7 aliphatic rings. The number of carboxylic acids is 1. The maximum atomic E-state index is 12.7. The number of carbonyl (C=O) groups excluding carboxylic acids is 2. The van der Waals surface area contributed by atoms with Gasteiger partial charge in [0, 0.05) is 101 Å². The molecule has 15 aromatic rings. The molecule has 8 aromatic heterocycles. The lowest BCUT2D eigenvalue weighted by Crippen LogP contribution is -2.31. The van der Waals surface area contributed by atoms with Crippen LogP contribution in [0, 0.1) is 14.3 Å². The monoisotopic (exact) mass is 2340 g/mol. The lowest BCUT2D eigenvalue weighted by Gasteiger charge is -2.18. The van der Waals surface area contributed by atoms with E-state index in [2.05, 4.69) is 156 Å². The van der Waals surface area contributed by atoms with E-state index in [1.165, 1.54) is 108 Å². The molecule has 14 heterocycles. The highest BCUT2D eigenvalue weighted by Crippen LogP contribution is 2.49. The van der Waals surface area contributed by atoms with Crippen LogP contribution in [0.25, 0.3) is 78.1 Å². The summed E-state index contributed by atoms with van der Waals surface area (Å²) in [6.07, 6.45) is 7.64. The van der Waals surface area contributed by atoms with Crippen LogP contribution in [0.5, 0.6) is 51.7 Å². The lowest BCUT2D eigenvalue weighted by atomic mass is 9.90. The quantitative estimate of drug-likeness (QED) is 0.00990. The summed E-state index contributed by atoms with van der Waals surface area (Å²) in [5, 5.41) is 30.4. The number of aromatic carboxylic acids is 1. The first-order chi connectivity index (χ1) is 65.0. The van der Waals surface area contributed by atoms with Gasteiger partial charge in [-0.3, -0.25) is 19.3 Å². The van der Waals surface area contributed by atoms with Gasteiger partial charge in [0.25, 0.3) is 11.8 Å². The number of phenolic OH excluding ortho intramolecular Hbond substituents is 1. The molecule has 48 heteroatoms. The van der Waals surface area contributed by atoms with Crippen LogP contribution in [0.15, 0.2) is 202 Å². The number of phenols is 1. The summed E-state index contributed by atoms with van der Waals surface area (Å²) >= 11 is 20.5. The van der Waals surface area contributed by atoms with Crippen molar-refractivity contribution in [1.29, 1.82) is 0 Å². The average Bonchev–Trinajstić information content (AvgIpc) is 1.18. The van der Waals surface area contributed by atoms with Gasteiger partial charge in [0.15, 0.2) is 140 Å². The minimum atomic E-state index is -1.16. The molecule has 6 aliphatic heterocycles. The fourth-order valence-electron chi connectivity index (χ4n) is 14.7. The third kappa shape index (κ3) is 18.8. The Kier molecular flexibility index (Phi) is 26.5. The summed E-state index contributed by atoms with van der Waals surface area (Å²) in [6.45, 7) is 3.94. The van der Waals surface area contributed by atoms with E-state index in [0.717, 1.165) is 74.1 Å². The molecule has 0 unspecified atom stereocenters. The first-order valence-electron chi connectivity index (χ1n) is 40.2. The maximum Gasteiger partial charge on any atom is 0.336 e. The number of hydrogen-bond donors (Lipinski definition) is 10. The number of halogens is 4. The second-order valence-corrected chi connectivity index (χ2v) is 38.4. The number of nitrogens with two attached hydrogens (primary N) is 5. The number of nitrogens with one attached hydrogen (secondary N) is 3. The van der Waals surface area contributed by atoms with Crippen molar-refractivity contribution in [2.75, 3.05) is 75.1 Å². The number of ether oxygens (including phenoxy) is 8. The number of aryl methyl sites for hydroxylation is 3. The third-order valence-corrected chi connectivity index (χ3v) is 30.3. The van der Waals surface area contributed by atoms with Crippen molar-refractivity contribution in [2.45, 2.75) is 79.1 Å². The van der Waals surface area contributed by atoms with Crippen molar-refractivity contribution in [3.8, 4) is 74.2 Å². The summed E-state index contributed by atoms with van der Waals surface area (Å²) in [5.41, 5.74) is 37.3. The van der Waals surface area contributed by atoms with Crippen LogP contribution < -0.4 is 82.6 Å². The van der Waals surface area contributed by atoms with Crippen molar-refractivity contribution in [1.82, 2.24) is 88.7 Å². The molecule has 15 N–H and O–H groups in total. The predicted octanol–water partition coefficient (Wildman–Crippen LogP) is 14.8. The molecule has 134 heavy (non-hydrogen) atoms. The van der Waals surface area contributed by atoms with E-state index >= 15 is 0 Å². The number of benzene rings is 8. The molecular formula is C86H66I4N24O15S5. The summed E-state index contributed by atoms with van der Waals surface area (Å²) in [6, 6.07) is 36.2. The second kappa shape index (κ2) is 39.2. The highest BCUT2D eigenvalue weighted by molar-refractivity contribution is 14.1. The van der Waals surface area contributed by atoms with Crippen LogP contribution in [0.4, 0.5) is 29.0 Å². The predicted molar refractivity (Wildman–Crippen MR) is 535 cm³/mol. The number of aromatic hydroxyl groups is 1. The molecule has 0 saturated carbocycles. The van der Waals surface area contributed by atoms with E-state index in [-0.39, 0.29) is 79.7 Å². The molecule has 0 saturated heterocycles. The molecule has 0 spiro atoms. The normalized spacial score (nSPS) is 12.9. The third-order valence-electron chi connectivity index (χ3n) is 20.9. The van der Waals surface area contributed by atoms with Gasteiger partial charge < -0.3 is 111 Å². The fraction of sp³-hybridized carbons (Fsp3) is 0.151. The Hall–Kier alpha value is -12.6. The summed E-state index contributed by atoms with van der Waals surface area (Å²) < 4.78 is 59.7. The number of fused-ring (bicyclic) bond motifs is 11. The summed E-state index contributed by atoms with van der Waals surface area (Å²) in [4.78, 5) is 111. The van der Waals surface area contributed by atoms with Gasteiger partial charge in [-0.2, -0.15) is 0 Å². The van der Waals surface area contributed by atoms with Gasteiger partial charge in [0.1, 0.15) is 47.9 Å². The SMILES string of the molecule is NCCCn1c(Sc2cc3c(cc2I)OCO3)nc2c(N)ncnc21.Nc1ncnc2c1nc(Sc1cc3c(cc1I)OCO3)n2CCCN1C(=O)c2ccccc2C1=O.Nc1ncnc2c1nc(Sc1cc3c(cc1I)OCO3)n2CCCNC(=S)Nc1ccc(-c2c3ccc(=O)cc-3oc3cc(O)ccc23)c(C(=O)O)c1.Nc1ncnc2nc(Sc3cc4c(cc3I)OCO4)[nH]c12. The Balaban J connectivity index is 0.000000123. The molecule has 0 bridgehead atoms. The number of hydrogen-bond acceptors (Lipinski definition) is 36. The Labute approximate surface area is 832 Å². The fourth-order valence-corrected chi connectivity index (χ4v) is 21.6. The Bertz CT molecular complexity index is 7610. The maximum absolute atomic E-state index is 12.7. The number of aromatic nitrogens is 16. The van der Waals surface area contributed by atoms with Crippen molar-refractivity contribution in [3.05, 3.63) is 194 Å². The number of rotatable bonds is 22. The molecule has 0 radical (unpaired) electrons. The average molecular weight is 2340 g/mol. The Morgan fingerprint density at radius 1 is 0.485 bits per heavy atom. The number of carbonyl (C=O) groups is 3. The number of amides is 2. The Morgan fingerprint density at radius 2 is 0.933 bits per heavy atom. The number of nitrogens with zero attached hydrogens (tertiary/aromatic N) is 16. The van der Waals surface area contributed by atoms with Crippen molar-refractivity contribution < 1.29 is 66.9 Å². The largest absolute Gasteiger partial charge is 0.508 e. The zero-order valence-electron chi connectivity index (χ0n) is 68.9. The topological polar surface area (TPSA) is 538 Å². The number of imidazole rings is 4. The van der Waals surface area contributed by atoms with Crippen LogP contribution in [-0.4, -0.2) is 163 Å². The van der Waals surface area contributed by atoms with Gasteiger partial charge in [0.2, 0.25) is 27.2 Å². The smallest absolute Gasteiger partial charge is 0.336 e. The highest BCUT2D eigenvalue weighted by Gasteiger charge is 2.36. The first-order valence-corrected chi connectivity index (χ1v) is 48.2. The number of anilines is 5. The van der Waals surface area contributed by atoms with Gasteiger partial charge in [0.05, 0.1) is 16.7 Å². The molecule has 678 valence electrons. The number of H-pyrrole nitrogens is 1. The van der Waals surface area contributed by atoms with E-state index in [1.807, 2.05) is 62.2 Å².